The fourth-order valence-electron chi connectivity index (χ4n) is 5.25. The third-order valence-corrected chi connectivity index (χ3v) is 7.81. The molecular formula is C30H38ClN3O3. The summed E-state index contributed by atoms with van der Waals surface area (Å²) in [5.41, 5.74) is 1.48. The van der Waals surface area contributed by atoms with Gasteiger partial charge >= 0.3 is 0 Å². The molecule has 0 bridgehead atoms. The molecule has 0 spiro atoms. The van der Waals surface area contributed by atoms with Crippen molar-refractivity contribution < 1.29 is 14.3 Å². The van der Waals surface area contributed by atoms with E-state index in [1.54, 1.807) is 19.2 Å². The number of rotatable bonds is 9. The summed E-state index contributed by atoms with van der Waals surface area (Å²) in [6.07, 6.45) is 9.68. The first kappa shape index (κ1) is 27.2. The van der Waals surface area contributed by atoms with Crippen molar-refractivity contribution in [3.63, 3.8) is 0 Å². The number of para-hydroxylation sites is 1. The van der Waals surface area contributed by atoms with E-state index in [1.165, 1.54) is 19.3 Å². The molecule has 0 N–H and O–H groups in total. The Morgan fingerprint density at radius 1 is 1.00 bits per heavy atom. The van der Waals surface area contributed by atoms with Crippen molar-refractivity contribution in [1.29, 1.82) is 0 Å². The van der Waals surface area contributed by atoms with Gasteiger partial charge in [-0.1, -0.05) is 73.3 Å². The summed E-state index contributed by atoms with van der Waals surface area (Å²) in [7, 11) is 1.66. The molecule has 1 saturated heterocycles. The van der Waals surface area contributed by atoms with Crippen LogP contribution in [-0.4, -0.2) is 79.4 Å². The number of nitrogens with zero attached hydrogens (tertiary/aromatic N) is 3. The fourth-order valence-corrected chi connectivity index (χ4v) is 5.47. The number of hydrogen-bond acceptors (Lipinski definition) is 4. The largest absolute Gasteiger partial charge is 0.496 e. The molecule has 2 aliphatic rings. The fraction of sp³-hybridized carbons (Fsp3) is 0.467. The van der Waals surface area contributed by atoms with E-state index in [0.717, 1.165) is 56.9 Å². The molecule has 37 heavy (non-hydrogen) atoms. The monoisotopic (exact) mass is 523 g/mol. The van der Waals surface area contributed by atoms with Crippen LogP contribution in [0.3, 0.4) is 0 Å². The van der Waals surface area contributed by atoms with E-state index in [1.807, 2.05) is 53.5 Å². The Bertz CT molecular complexity index is 1080. The number of carbonyl (C=O) groups is 2. The Hall–Kier alpha value is -2.83. The molecule has 2 amide bonds. The molecule has 2 aromatic rings. The second-order valence-corrected chi connectivity index (χ2v) is 10.3. The van der Waals surface area contributed by atoms with E-state index in [-0.39, 0.29) is 11.8 Å². The van der Waals surface area contributed by atoms with Crippen LogP contribution in [0.5, 0.6) is 5.75 Å². The van der Waals surface area contributed by atoms with Crippen LogP contribution in [0.1, 0.15) is 48.0 Å². The van der Waals surface area contributed by atoms with Crippen LogP contribution in [-0.2, 0) is 4.79 Å². The van der Waals surface area contributed by atoms with E-state index >= 15 is 0 Å². The molecule has 4 rings (SSSR count). The van der Waals surface area contributed by atoms with Gasteiger partial charge in [0.05, 0.1) is 17.7 Å². The zero-order valence-electron chi connectivity index (χ0n) is 21.8. The van der Waals surface area contributed by atoms with E-state index in [4.69, 9.17) is 16.3 Å². The lowest BCUT2D eigenvalue weighted by atomic mass is 9.88. The zero-order valence-corrected chi connectivity index (χ0v) is 22.5. The van der Waals surface area contributed by atoms with Gasteiger partial charge in [-0.3, -0.25) is 14.5 Å². The van der Waals surface area contributed by atoms with E-state index in [9.17, 15) is 9.59 Å². The summed E-state index contributed by atoms with van der Waals surface area (Å²) >= 11 is 6.36. The lowest BCUT2D eigenvalue weighted by molar-refractivity contribution is -0.138. The maximum absolute atomic E-state index is 13.4. The van der Waals surface area contributed by atoms with Crippen molar-refractivity contribution in [2.24, 2.45) is 5.92 Å². The molecule has 2 aromatic carbocycles. The van der Waals surface area contributed by atoms with Gasteiger partial charge in [-0.25, -0.2) is 0 Å². The lowest BCUT2D eigenvalue weighted by Crippen LogP contribution is -2.52. The molecule has 1 aliphatic carbocycles. The number of amides is 2. The highest BCUT2D eigenvalue weighted by molar-refractivity contribution is 6.33. The minimum absolute atomic E-state index is 0.0820. The topological polar surface area (TPSA) is 53.1 Å². The zero-order chi connectivity index (χ0) is 26.0. The van der Waals surface area contributed by atoms with Gasteiger partial charge < -0.3 is 14.5 Å². The van der Waals surface area contributed by atoms with Crippen LogP contribution in [0, 0.1) is 5.92 Å². The number of piperazine rings is 1. The average molecular weight is 524 g/mol. The Labute approximate surface area is 225 Å². The second kappa shape index (κ2) is 13.6. The highest BCUT2D eigenvalue weighted by Crippen LogP contribution is 2.26. The van der Waals surface area contributed by atoms with Gasteiger partial charge in [0, 0.05) is 57.3 Å². The smallest absolute Gasteiger partial charge is 0.255 e. The van der Waals surface area contributed by atoms with Crippen LogP contribution in [0.25, 0.3) is 6.08 Å². The van der Waals surface area contributed by atoms with Gasteiger partial charge in [-0.15, -0.1) is 0 Å². The number of hydrogen-bond donors (Lipinski definition) is 0. The van der Waals surface area contributed by atoms with Crippen LogP contribution >= 0.6 is 11.6 Å². The lowest BCUT2D eigenvalue weighted by Gasteiger charge is -2.37. The third kappa shape index (κ3) is 7.36. The summed E-state index contributed by atoms with van der Waals surface area (Å²) < 4.78 is 5.44. The van der Waals surface area contributed by atoms with Gasteiger partial charge in [0.25, 0.3) is 5.91 Å². The van der Waals surface area contributed by atoms with Crippen LogP contribution < -0.4 is 4.74 Å². The van der Waals surface area contributed by atoms with Crippen molar-refractivity contribution in [2.45, 2.75) is 32.1 Å². The summed E-state index contributed by atoms with van der Waals surface area (Å²) in [6.45, 7) is 5.00. The van der Waals surface area contributed by atoms with Crippen LogP contribution in [0.4, 0.5) is 0 Å². The summed E-state index contributed by atoms with van der Waals surface area (Å²) in [5, 5.41) is 0.459. The van der Waals surface area contributed by atoms with Crippen molar-refractivity contribution in [2.75, 3.05) is 52.9 Å². The predicted molar refractivity (Wildman–Crippen MR) is 149 cm³/mol. The molecule has 198 valence electrons. The van der Waals surface area contributed by atoms with Crippen molar-refractivity contribution in [3.05, 3.63) is 70.8 Å². The normalized spacial score (nSPS) is 17.2. The van der Waals surface area contributed by atoms with Gasteiger partial charge in [0.2, 0.25) is 5.91 Å². The van der Waals surface area contributed by atoms with Gasteiger partial charge in [0.1, 0.15) is 5.75 Å². The maximum atomic E-state index is 13.4. The second-order valence-electron chi connectivity index (χ2n) is 9.88. The van der Waals surface area contributed by atoms with Gasteiger partial charge in [0.15, 0.2) is 0 Å². The summed E-state index contributed by atoms with van der Waals surface area (Å²) in [6, 6.07) is 15.0. The Balaban J connectivity index is 1.36. The van der Waals surface area contributed by atoms with Crippen molar-refractivity contribution in [1.82, 2.24) is 14.7 Å². The standard InChI is InChI=1S/C30H38ClN3O3/c1-37-28-16-8-5-10-24(28)13-9-17-33(30(36)26-14-6-7-15-27(26)31)21-18-32-19-22-34(23-20-32)29(35)25-11-3-2-4-12-25/h5-10,13-16,25H,2-4,11-12,17-23H2,1H3/b13-9+. The maximum Gasteiger partial charge on any atom is 0.255 e. The molecule has 0 atom stereocenters. The molecule has 1 saturated carbocycles. The molecule has 6 nitrogen and oxygen atoms in total. The quantitative estimate of drug-likeness (QED) is 0.451. The van der Waals surface area contributed by atoms with E-state index in [2.05, 4.69) is 9.80 Å². The average Bonchev–Trinajstić information content (AvgIpc) is 2.95. The first-order valence-corrected chi connectivity index (χ1v) is 13.8. The first-order chi connectivity index (χ1) is 18.1. The molecular weight excluding hydrogens is 486 g/mol. The molecule has 2 fully saturated rings. The first-order valence-electron chi connectivity index (χ1n) is 13.4. The van der Waals surface area contributed by atoms with Gasteiger partial charge in [-0.2, -0.15) is 0 Å². The minimum atomic E-state index is -0.0820. The van der Waals surface area contributed by atoms with Crippen molar-refractivity contribution in [3.8, 4) is 5.75 Å². The van der Waals surface area contributed by atoms with Crippen LogP contribution in [0.15, 0.2) is 54.6 Å². The highest BCUT2D eigenvalue weighted by Gasteiger charge is 2.28. The summed E-state index contributed by atoms with van der Waals surface area (Å²) in [5.74, 6) is 1.28. The molecule has 0 aromatic heterocycles. The number of methoxy groups -OCH3 is 1. The SMILES string of the molecule is COc1ccccc1/C=C/CN(CCN1CCN(C(=O)C2CCCCC2)CC1)C(=O)c1ccccc1Cl. The predicted octanol–water partition coefficient (Wildman–Crippen LogP) is 5.23. The number of halogens is 1. The number of carbonyl (C=O) groups excluding carboxylic acids is 2. The van der Waals surface area contributed by atoms with Gasteiger partial charge in [-0.05, 0) is 31.0 Å². The molecule has 7 heteroatoms. The molecule has 1 heterocycles. The van der Waals surface area contributed by atoms with E-state index in [0.29, 0.717) is 29.6 Å². The number of ether oxygens (including phenoxy) is 1. The Morgan fingerprint density at radius 3 is 2.43 bits per heavy atom. The molecule has 0 radical (unpaired) electrons. The minimum Gasteiger partial charge on any atom is -0.496 e. The van der Waals surface area contributed by atoms with Crippen LogP contribution in [0.2, 0.25) is 5.02 Å². The third-order valence-electron chi connectivity index (χ3n) is 7.48. The molecule has 0 unspecified atom stereocenters. The van der Waals surface area contributed by atoms with E-state index < -0.39 is 0 Å². The summed E-state index contributed by atoms with van der Waals surface area (Å²) in [4.78, 5) is 32.6. The highest BCUT2D eigenvalue weighted by atomic mass is 35.5. The van der Waals surface area contributed by atoms with Crippen molar-refractivity contribution >= 4 is 29.5 Å². The number of benzene rings is 2. The Morgan fingerprint density at radius 2 is 1.70 bits per heavy atom. The Kier molecular flexibility index (Phi) is 10.0. The molecule has 1 aliphatic heterocycles.